The number of rotatable bonds is 8. The minimum atomic E-state index is 0.359. The Morgan fingerprint density at radius 1 is 1.03 bits per heavy atom. The first-order valence-electron chi connectivity index (χ1n) is 10.7. The molecule has 3 aromatic heterocycles. The lowest BCUT2D eigenvalue weighted by Gasteiger charge is -2.09. The molecule has 33 heavy (non-hydrogen) atoms. The molecular formula is C25H26N8. The van der Waals surface area contributed by atoms with Crippen molar-refractivity contribution in [3.05, 3.63) is 83.8 Å². The van der Waals surface area contributed by atoms with Gasteiger partial charge in [0.25, 0.3) is 0 Å². The van der Waals surface area contributed by atoms with Gasteiger partial charge in [-0.2, -0.15) is 5.10 Å². The van der Waals surface area contributed by atoms with Crippen LogP contribution in [0.2, 0.25) is 0 Å². The largest absolute Gasteiger partial charge is 0.399 e. The van der Waals surface area contributed by atoms with Gasteiger partial charge in [-0.3, -0.25) is 4.98 Å². The number of nitrogens with two attached hydrogens (primary N) is 1. The summed E-state index contributed by atoms with van der Waals surface area (Å²) in [5.74, 6) is 1.65. The Hall–Kier alpha value is -4.33. The number of fused-ring (bicyclic) bond motifs is 1. The van der Waals surface area contributed by atoms with E-state index in [9.17, 15) is 0 Å². The Kier molecular flexibility index (Phi) is 6.54. The molecule has 4 rings (SSSR count). The molecule has 8 heteroatoms. The summed E-state index contributed by atoms with van der Waals surface area (Å²) in [6.45, 7) is 4.85. The molecule has 0 fully saturated rings. The minimum Gasteiger partial charge on any atom is -0.399 e. The molecule has 0 aliphatic rings. The van der Waals surface area contributed by atoms with Crippen LogP contribution in [0.1, 0.15) is 36.5 Å². The second kappa shape index (κ2) is 9.86. The Labute approximate surface area is 192 Å². The first-order chi connectivity index (χ1) is 16.0. The van der Waals surface area contributed by atoms with Crippen LogP contribution >= 0.6 is 0 Å². The van der Waals surface area contributed by atoms with Crippen LogP contribution in [0.5, 0.6) is 0 Å². The van der Waals surface area contributed by atoms with E-state index in [-0.39, 0.29) is 0 Å². The molecule has 0 spiro atoms. The van der Waals surface area contributed by atoms with Crippen LogP contribution in [-0.2, 0) is 6.54 Å². The maximum atomic E-state index is 7.84. The molecule has 8 nitrogen and oxygen atoms in total. The smallest absolute Gasteiger partial charge is 0.154 e. The summed E-state index contributed by atoms with van der Waals surface area (Å²) in [5.41, 5.74) is 11.7. The van der Waals surface area contributed by atoms with Crippen molar-refractivity contribution >= 4 is 40.1 Å². The molecule has 0 bridgehead atoms. The van der Waals surface area contributed by atoms with Crippen LogP contribution in [-0.4, -0.2) is 26.4 Å². The molecule has 1 aromatic carbocycles. The van der Waals surface area contributed by atoms with Crippen LogP contribution in [0.3, 0.4) is 0 Å². The summed E-state index contributed by atoms with van der Waals surface area (Å²) in [6, 6.07) is 15.3. The lowest BCUT2D eigenvalue weighted by Crippen LogP contribution is -2.06. The highest BCUT2D eigenvalue weighted by Gasteiger charge is 2.07. The number of pyridine rings is 2. The number of nitrogens with zero attached hydrogens (tertiary/aromatic N) is 4. The van der Waals surface area contributed by atoms with Crippen molar-refractivity contribution in [2.24, 2.45) is 0 Å². The Bertz CT molecular complexity index is 1300. The van der Waals surface area contributed by atoms with Gasteiger partial charge in [-0.25, -0.2) is 4.98 Å². The molecule has 0 radical (unpaired) electrons. The van der Waals surface area contributed by atoms with E-state index in [4.69, 9.17) is 11.1 Å². The van der Waals surface area contributed by atoms with Crippen molar-refractivity contribution in [2.75, 3.05) is 11.1 Å². The van der Waals surface area contributed by atoms with Crippen molar-refractivity contribution in [1.82, 2.24) is 25.5 Å². The van der Waals surface area contributed by atoms with Crippen molar-refractivity contribution in [3.63, 3.8) is 0 Å². The Morgan fingerprint density at radius 3 is 2.61 bits per heavy atom. The lowest BCUT2D eigenvalue weighted by molar-refractivity contribution is 0.843. The fourth-order valence-corrected chi connectivity index (χ4v) is 3.25. The summed E-state index contributed by atoms with van der Waals surface area (Å²) in [7, 11) is 0. The second-order valence-corrected chi connectivity index (χ2v) is 7.98. The number of nitrogen functional groups attached to an aromatic ring is 1. The van der Waals surface area contributed by atoms with Gasteiger partial charge in [-0.15, -0.1) is 5.10 Å². The molecule has 0 aliphatic heterocycles. The number of benzene rings is 1. The number of nitrogens with one attached hydrogen (secondary N) is 3. The van der Waals surface area contributed by atoms with Gasteiger partial charge in [0.1, 0.15) is 5.82 Å². The van der Waals surface area contributed by atoms with Crippen molar-refractivity contribution in [3.8, 4) is 0 Å². The van der Waals surface area contributed by atoms with Gasteiger partial charge in [0, 0.05) is 42.0 Å². The molecule has 0 atom stereocenters. The second-order valence-electron chi connectivity index (χ2n) is 7.98. The molecule has 5 N–H and O–H groups in total. The van der Waals surface area contributed by atoms with E-state index < -0.39 is 0 Å². The fourth-order valence-electron chi connectivity index (χ4n) is 3.25. The average Bonchev–Trinajstić information content (AvgIpc) is 2.83. The average molecular weight is 439 g/mol. The zero-order valence-electron chi connectivity index (χ0n) is 18.6. The molecule has 0 saturated heterocycles. The number of hydrogen-bond donors (Lipinski definition) is 4. The third kappa shape index (κ3) is 5.48. The molecule has 0 saturated carbocycles. The molecular weight excluding hydrogens is 412 g/mol. The summed E-state index contributed by atoms with van der Waals surface area (Å²) >= 11 is 0. The summed E-state index contributed by atoms with van der Waals surface area (Å²) in [6.07, 6.45) is 6.62. The van der Waals surface area contributed by atoms with Crippen LogP contribution < -0.4 is 16.4 Å². The maximum Gasteiger partial charge on any atom is 0.154 e. The standard InChI is InChI=1S/C25H26N8/c1-16(2)18-10-25(33-30-15-18)32-24-8-7-22-23(31-24)9-19(14-29-22)20(11-26)13-28-12-17-3-5-21(27)6-4-17/h3-11,13-16,26,28H,12,27H2,1-2H3,(H,31,32,33)/b20-13+,26-11?. The predicted molar refractivity (Wildman–Crippen MR) is 133 cm³/mol. The van der Waals surface area contributed by atoms with Gasteiger partial charge in [0.2, 0.25) is 0 Å². The van der Waals surface area contributed by atoms with Crippen LogP contribution in [0.15, 0.2) is 67.1 Å². The van der Waals surface area contributed by atoms with Crippen LogP contribution in [0.25, 0.3) is 16.6 Å². The number of aromatic nitrogens is 4. The van der Waals surface area contributed by atoms with Gasteiger partial charge >= 0.3 is 0 Å². The summed E-state index contributed by atoms with van der Waals surface area (Å²) < 4.78 is 0. The quantitative estimate of drug-likeness (QED) is 0.233. The van der Waals surface area contributed by atoms with E-state index in [0.29, 0.717) is 29.7 Å². The first kappa shape index (κ1) is 21.9. The van der Waals surface area contributed by atoms with Gasteiger partial charge in [0.15, 0.2) is 5.82 Å². The topological polar surface area (TPSA) is 125 Å². The van der Waals surface area contributed by atoms with Gasteiger partial charge in [0.05, 0.1) is 17.2 Å². The van der Waals surface area contributed by atoms with Crippen molar-refractivity contribution in [1.29, 1.82) is 5.41 Å². The van der Waals surface area contributed by atoms with E-state index in [1.807, 2.05) is 48.5 Å². The van der Waals surface area contributed by atoms with Crippen molar-refractivity contribution < 1.29 is 0 Å². The fraction of sp³-hybridized carbons (Fsp3) is 0.160. The van der Waals surface area contributed by atoms with E-state index in [0.717, 1.165) is 33.4 Å². The first-order valence-corrected chi connectivity index (χ1v) is 10.7. The zero-order chi connectivity index (χ0) is 23.2. The molecule has 0 aliphatic carbocycles. The highest BCUT2D eigenvalue weighted by molar-refractivity contribution is 6.08. The van der Waals surface area contributed by atoms with Crippen LogP contribution in [0, 0.1) is 5.41 Å². The highest BCUT2D eigenvalue weighted by atomic mass is 15.2. The summed E-state index contributed by atoms with van der Waals surface area (Å²) in [4.78, 5) is 9.19. The monoisotopic (exact) mass is 438 g/mol. The van der Waals surface area contributed by atoms with E-state index in [1.165, 1.54) is 6.21 Å². The van der Waals surface area contributed by atoms with E-state index in [2.05, 4.69) is 44.6 Å². The molecule has 3 heterocycles. The Morgan fingerprint density at radius 2 is 1.85 bits per heavy atom. The molecule has 4 aromatic rings. The molecule has 0 unspecified atom stereocenters. The van der Waals surface area contributed by atoms with Crippen LogP contribution in [0.4, 0.5) is 17.3 Å². The highest BCUT2D eigenvalue weighted by Crippen LogP contribution is 2.21. The number of hydrogen-bond acceptors (Lipinski definition) is 8. The number of anilines is 3. The van der Waals surface area contributed by atoms with Gasteiger partial charge < -0.3 is 21.8 Å². The van der Waals surface area contributed by atoms with Gasteiger partial charge in [-0.1, -0.05) is 26.0 Å². The number of allylic oxidation sites excluding steroid dienone is 1. The normalized spacial score (nSPS) is 11.5. The summed E-state index contributed by atoms with van der Waals surface area (Å²) in [5, 5.41) is 22.5. The SMILES string of the molecule is CC(C)c1cnnc(Nc2ccc3ncc(/C(C=N)=C/NCc4ccc(N)cc4)cc3n2)c1. The van der Waals surface area contributed by atoms with E-state index >= 15 is 0 Å². The third-order valence-electron chi connectivity index (χ3n) is 5.17. The minimum absolute atomic E-state index is 0.359. The molecule has 166 valence electrons. The van der Waals surface area contributed by atoms with E-state index in [1.54, 1.807) is 18.6 Å². The lowest BCUT2D eigenvalue weighted by atomic mass is 10.1. The maximum absolute atomic E-state index is 7.84. The predicted octanol–water partition coefficient (Wildman–Crippen LogP) is 4.65. The zero-order valence-corrected chi connectivity index (χ0v) is 18.6. The Balaban J connectivity index is 1.53. The third-order valence-corrected chi connectivity index (χ3v) is 5.17. The van der Waals surface area contributed by atoms with Crippen molar-refractivity contribution in [2.45, 2.75) is 26.3 Å². The molecule has 0 amide bonds. The van der Waals surface area contributed by atoms with Gasteiger partial charge in [-0.05, 0) is 53.4 Å².